The number of rotatable bonds is 4. The Kier molecular flexibility index (Phi) is 4.39. The number of nitrogens with one attached hydrogen (secondary N) is 1. The molecule has 0 saturated heterocycles. The SMILES string of the molecule is CC[C@@H](CO)NC1CCCC(C)(C)C1. The third-order valence-electron chi connectivity index (χ3n) is 3.39. The summed E-state index contributed by atoms with van der Waals surface area (Å²) in [5.41, 5.74) is 0.490. The first kappa shape index (κ1) is 12.0. The van der Waals surface area contributed by atoms with Crippen LogP contribution in [0.3, 0.4) is 0 Å². The van der Waals surface area contributed by atoms with Gasteiger partial charge in [-0.2, -0.15) is 0 Å². The third-order valence-corrected chi connectivity index (χ3v) is 3.39. The molecule has 0 bridgehead atoms. The summed E-state index contributed by atoms with van der Waals surface area (Å²) in [5, 5.41) is 12.7. The molecule has 0 aromatic heterocycles. The molecule has 2 heteroatoms. The van der Waals surface area contributed by atoms with E-state index in [4.69, 9.17) is 5.11 Å². The molecule has 2 atom stereocenters. The highest BCUT2D eigenvalue weighted by molar-refractivity contribution is 4.85. The Balaban J connectivity index is 2.37. The lowest BCUT2D eigenvalue weighted by molar-refractivity contribution is 0.164. The molecule has 1 saturated carbocycles. The van der Waals surface area contributed by atoms with Crippen LogP contribution in [0.2, 0.25) is 0 Å². The molecule has 1 fully saturated rings. The summed E-state index contributed by atoms with van der Waals surface area (Å²) in [7, 11) is 0. The van der Waals surface area contributed by atoms with E-state index in [1.54, 1.807) is 0 Å². The molecule has 1 rings (SSSR count). The predicted molar refractivity (Wildman–Crippen MR) is 60.3 cm³/mol. The van der Waals surface area contributed by atoms with Crippen LogP contribution in [0.4, 0.5) is 0 Å². The van der Waals surface area contributed by atoms with Gasteiger partial charge < -0.3 is 10.4 Å². The summed E-state index contributed by atoms with van der Waals surface area (Å²) in [6, 6.07) is 0.921. The van der Waals surface area contributed by atoms with E-state index < -0.39 is 0 Å². The van der Waals surface area contributed by atoms with Crippen LogP contribution in [-0.2, 0) is 0 Å². The van der Waals surface area contributed by atoms with Gasteiger partial charge in [-0.1, -0.05) is 27.2 Å². The fourth-order valence-electron chi connectivity index (χ4n) is 2.47. The van der Waals surface area contributed by atoms with Crippen molar-refractivity contribution in [2.45, 2.75) is 65.0 Å². The fraction of sp³-hybridized carbons (Fsp3) is 1.00. The van der Waals surface area contributed by atoms with E-state index in [1.807, 2.05) is 0 Å². The monoisotopic (exact) mass is 199 g/mol. The first-order valence-corrected chi connectivity index (χ1v) is 5.94. The Labute approximate surface area is 88.1 Å². The van der Waals surface area contributed by atoms with E-state index in [2.05, 4.69) is 26.1 Å². The number of aliphatic hydroxyl groups is 1. The standard InChI is InChI=1S/C12H25NO/c1-4-10(9-14)13-11-6-5-7-12(2,3)8-11/h10-11,13-14H,4-9H2,1-3H3/t10-,11?/m0/s1. The molecular weight excluding hydrogens is 174 g/mol. The number of aliphatic hydroxyl groups excluding tert-OH is 1. The molecule has 0 amide bonds. The fourth-order valence-corrected chi connectivity index (χ4v) is 2.47. The molecule has 1 unspecified atom stereocenters. The van der Waals surface area contributed by atoms with Crippen molar-refractivity contribution in [1.29, 1.82) is 0 Å². The summed E-state index contributed by atoms with van der Waals surface area (Å²) in [6.07, 6.45) is 6.23. The molecule has 14 heavy (non-hydrogen) atoms. The first-order chi connectivity index (χ1) is 6.57. The van der Waals surface area contributed by atoms with Crippen molar-refractivity contribution in [2.24, 2.45) is 5.41 Å². The zero-order valence-electron chi connectivity index (χ0n) is 9.84. The summed E-state index contributed by atoms with van der Waals surface area (Å²) < 4.78 is 0. The summed E-state index contributed by atoms with van der Waals surface area (Å²) in [4.78, 5) is 0. The molecule has 0 aromatic carbocycles. The summed E-state index contributed by atoms with van der Waals surface area (Å²) in [6.45, 7) is 7.09. The highest BCUT2D eigenvalue weighted by Crippen LogP contribution is 2.35. The highest BCUT2D eigenvalue weighted by Gasteiger charge is 2.28. The summed E-state index contributed by atoms with van der Waals surface area (Å²) in [5.74, 6) is 0. The quantitative estimate of drug-likeness (QED) is 0.728. The van der Waals surface area contributed by atoms with Gasteiger partial charge in [0.1, 0.15) is 0 Å². The minimum Gasteiger partial charge on any atom is -0.395 e. The highest BCUT2D eigenvalue weighted by atomic mass is 16.3. The van der Waals surface area contributed by atoms with E-state index in [0.717, 1.165) is 6.42 Å². The molecule has 2 nitrogen and oxygen atoms in total. The lowest BCUT2D eigenvalue weighted by atomic mass is 9.75. The van der Waals surface area contributed by atoms with Gasteiger partial charge in [-0.05, 0) is 31.1 Å². The normalized spacial score (nSPS) is 28.7. The van der Waals surface area contributed by atoms with E-state index >= 15 is 0 Å². The van der Waals surface area contributed by atoms with Crippen LogP contribution < -0.4 is 5.32 Å². The van der Waals surface area contributed by atoms with Crippen molar-refractivity contribution in [3.8, 4) is 0 Å². The number of hydrogen-bond donors (Lipinski definition) is 2. The molecule has 1 aliphatic rings. The molecule has 0 aromatic rings. The number of hydrogen-bond acceptors (Lipinski definition) is 2. The topological polar surface area (TPSA) is 32.3 Å². The first-order valence-electron chi connectivity index (χ1n) is 5.94. The molecular formula is C12H25NO. The van der Waals surface area contributed by atoms with E-state index in [0.29, 0.717) is 17.5 Å². The summed E-state index contributed by atoms with van der Waals surface area (Å²) >= 11 is 0. The Morgan fingerprint density at radius 3 is 2.71 bits per heavy atom. The molecule has 1 aliphatic carbocycles. The van der Waals surface area contributed by atoms with Crippen molar-refractivity contribution in [3.63, 3.8) is 0 Å². The maximum atomic E-state index is 9.12. The van der Waals surface area contributed by atoms with Gasteiger partial charge in [-0.15, -0.1) is 0 Å². The van der Waals surface area contributed by atoms with E-state index in [9.17, 15) is 0 Å². The molecule has 0 heterocycles. The minimum atomic E-state index is 0.271. The maximum Gasteiger partial charge on any atom is 0.0584 e. The second kappa shape index (κ2) is 5.13. The lowest BCUT2D eigenvalue weighted by Gasteiger charge is -2.37. The maximum absolute atomic E-state index is 9.12. The molecule has 0 radical (unpaired) electrons. The van der Waals surface area contributed by atoms with Gasteiger partial charge in [0.05, 0.1) is 6.61 Å². The van der Waals surface area contributed by atoms with Crippen molar-refractivity contribution in [2.75, 3.05) is 6.61 Å². The largest absolute Gasteiger partial charge is 0.395 e. The van der Waals surface area contributed by atoms with Crippen LogP contribution in [0.5, 0.6) is 0 Å². The molecule has 0 spiro atoms. The van der Waals surface area contributed by atoms with Gasteiger partial charge in [0.25, 0.3) is 0 Å². The van der Waals surface area contributed by atoms with Crippen LogP contribution in [0.1, 0.15) is 52.9 Å². The van der Waals surface area contributed by atoms with Crippen molar-refractivity contribution < 1.29 is 5.11 Å². The average Bonchev–Trinajstić information content (AvgIpc) is 2.12. The Morgan fingerprint density at radius 1 is 1.50 bits per heavy atom. The van der Waals surface area contributed by atoms with E-state index in [1.165, 1.54) is 25.7 Å². The lowest BCUT2D eigenvalue weighted by Crippen LogP contribution is -2.44. The van der Waals surface area contributed by atoms with Gasteiger partial charge in [0.15, 0.2) is 0 Å². The van der Waals surface area contributed by atoms with Gasteiger partial charge in [-0.3, -0.25) is 0 Å². The van der Waals surface area contributed by atoms with Gasteiger partial charge in [-0.25, -0.2) is 0 Å². The minimum absolute atomic E-state index is 0.271. The zero-order chi connectivity index (χ0) is 10.6. The van der Waals surface area contributed by atoms with Gasteiger partial charge in [0.2, 0.25) is 0 Å². The Bertz CT molecular complexity index is 164. The Hall–Kier alpha value is -0.0800. The van der Waals surface area contributed by atoms with Crippen molar-refractivity contribution in [1.82, 2.24) is 5.32 Å². The average molecular weight is 199 g/mol. The van der Waals surface area contributed by atoms with Crippen LogP contribution >= 0.6 is 0 Å². The van der Waals surface area contributed by atoms with Gasteiger partial charge >= 0.3 is 0 Å². The third kappa shape index (κ3) is 3.58. The Morgan fingerprint density at radius 2 is 2.21 bits per heavy atom. The van der Waals surface area contributed by atoms with Crippen LogP contribution in [0.25, 0.3) is 0 Å². The molecule has 0 aliphatic heterocycles. The second-order valence-electron chi connectivity index (χ2n) is 5.41. The van der Waals surface area contributed by atoms with Crippen LogP contribution in [0.15, 0.2) is 0 Å². The molecule has 2 N–H and O–H groups in total. The predicted octanol–water partition coefficient (Wildman–Crippen LogP) is 2.32. The zero-order valence-corrected chi connectivity index (χ0v) is 9.84. The van der Waals surface area contributed by atoms with Gasteiger partial charge in [0, 0.05) is 12.1 Å². The van der Waals surface area contributed by atoms with Crippen LogP contribution in [-0.4, -0.2) is 23.8 Å². The van der Waals surface area contributed by atoms with Crippen LogP contribution in [0, 0.1) is 5.41 Å². The molecule has 84 valence electrons. The second-order valence-corrected chi connectivity index (χ2v) is 5.41. The van der Waals surface area contributed by atoms with Crippen molar-refractivity contribution >= 4 is 0 Å². The van der Waals surface area contributed by atoms with Crippen molar-refractivity contribution in [3.05, 3.63) is 0 Å². The van der Waals surface area contributed by atoms with E-state index in [-0.39, 0.29) is 6.61 Å². The smallest absolute Gasteiger partial charge is 0.0584 e.